The SMILES string of the molecule is Cc1ccc(NC(=O)CN(C)C(=O)CC(C)C)cc1. The summed E-state index contributed by atoms with van der Waals surface area (Å²) >= 11 is 0. The van der Waals surface area contributed by atoms with E-state index in [4.69, 9.17) is 0 Å². The third-order valence-corrected chi connectivity index (χ3v) is 2.72. The molecule has 0 aliphatic heterocycles. The number of aryl methyl sites for hydroxylation is 1. The van der Waals surface area contributed by atoms with Crippen LogP contribution >= 0.6 is 0 Å². The lowest BCUT2D eigenvalue weighted by molar-refractivity contribution is -0.133. The van der Waals surface area contributed by atoms with Gasteiger partial charge in [-0.25, -0.2) is 0 Å². The van der Waals surface area contributed by atoms with Crippen molar-refractivity contribution in [3.63, 3.8) is 0 Å². The van der Waals surface area contributed by atoms with Crippen LogP contribution in [0.2, 0.25) is 0 Å². The lowest BCUT2D eigenvalue weighted by Crippen LogP contribution is -2.35. The van der Waals surface area contributed by atoms with E-state index >= 15 is 0 Å². The van der Waals surface area contributed by atoms with Crippen molar-refractivity contribution < 1.29 is 9.59 Å². The van der Waals surface area contributed by atoms with E-state index < -0.39 is 0 Å². The zero-order chi connectivity index (χ0) is 14.4. The van der Waals surface area contributed by atoms with Gasteiger partial charge in [-0.05, 0) is 25.0 Å². The molecule has 0 atom stereocenters. The Balaban J connectivity index is 2.46. The summed E-state index contributed by atoms with van der Waals surface area (Å²) in [5.74, 6) is 0.118. The monoisotopic (exact) mass is 262 g/mol. The summed E-state index contributed by atoms with van der Waals surface area (Å²) in [6.07, 6.45) is 0.467. The number of nitrogens with one attached hydrogen (secondary N) is 1. The molecule has 4 nitrogen and oxygen atoms in total. The van der Waals surface area contributed by atoms with Crippen molar-refractivity contribution >= 4 is 17.5 Å². The van der Waals surface area contributed by atoms with Crippen LogP contribution in [-0.2, 0) is 9.59 Å². The highest BCUT2D eigenvalue weighted by atomic mass is 16.2. The van der Waals surface area contributed by atoms with Crippen molar-refractivity contribution in [2.24, 2.45) is 5.92 Å². The normalized spacial score (nSPS) is 10.4. The zero-order valence-electron chi connectivity index (χ0n) is 12.1. The van der Waals surface area contributed by atoms with Crippen LogP contribution in [0.25, 0.3) is 0 Å². The quantitative estimate of drug-likeness (QED) is 0.886. The summed E-state index contributed by atoms with van der Waals surface area (Å²) in [6.45, 7) is 6.04. The minimum Gasteiger partial charge on any atom is -0.336 e. The first kappa shape index (κ1) is 15.2. The summed E-state index contributed by atoms with van der Waals surface area (Å²) in [5, 5.41) is 2.78. The fraction of sp³-hybridized carbons (Fsp3) is 0.467. The summed E-state index contributed by atoms with van der Waals surface area (Å²) < 4.78 is 0. The van der Waals surface area contributed by atoms with Gasteiger partial charge in [0.1, 0.15) is 0 Å². The first-order valence-electron chi connectivity index (χ1n) is 6.49. The Bertz CT molecular complexity index is 438. The Hall–Kier alpha value is -1.84. The maximum absolute atomic E-state index is 11.8. The van der Waals surface area contributed by atoms with E-state index in [-0.39, 0.29) is 18.4 Å². The molecule has 2 amide bonds. The number of carbonyl (C=O) groups is 2. The number of anilines is 1. The van der Waals surface area contributed by atoms with Gasteiger partial charge >= 0.3 is 0 Å². The smallest absolute Gasteiger partial charge is 0.243 e. The van der Waals surface area contributed by atoms with Crippen molar-refractivity contribution in [3.8, 4) is 0 Å². The number of rotatable bonds is 5. The maximum atomic E-state index is 11.8. The van der Waals surface area contributed by atoms with Gasteiger partial charge in [-0.3, -0.25) is 9.59 Å². The van der Waals surface area contributed by atoms with E-state index in [1.807, 2.05) is 45.0 Å². The summed E-state index contributed by atoms with van der Waals surface area (Å²) in [6, 6.07) is 7.57. The molecule has 19 heavy (non-hydrogen) atoms. The predicted octanol–water partition coefficient (Wildman–Crippen LogP) is 2.44. The van der Waals surface area contributed by atoms with Crippen molar-refractivity contribution in [2.75, 3.05) is 18.9 Å². The number of likely N-dealkylation sites (N-methyl/N-ethyl adjacent to an activating group) is 1. The third kappa shape index (κ3) is 5.55. The first-order chi connectivity index (χ1) is 8.88. The molecule has 104 valence electrons. The highest BCUT2D eigenvalue weighted by Gasteiger charge is 2.14. The maximum Gasteiger partial charge on any atom is 0.243 e. The lowest BCUT2D eigenvalue weighted by Gasteiger charge is -2.17. The van der Waals surface area contributed by atoms with Gasteiger partial charge in [-0.15, -0.1) is 0 Å². The summed E-state index contributed by atoms with van der Waals surface area (Å²) in [7, 11) is 1.65. The van der Waals surface area contributed by atoms with E-state index in [2.05, 4.69) is 5.32 Å². The van der Waals surface area contributed by atoms with Crippen LogP contribution < -0.4 is 5.32 Å². The van der Waals surface area contributed by atoms with Crippen LogP contribution in [-0.4, -0.2) is 30.3 Å². The zero-order valence-corrected chi connectivity index (χ0v) is 12.1. The Morgan fingerprint density at radius 2 is 1.79 bits per heavy atom. The molecule has 0 fully saturated rings. The molecule has 0 spiro atoms. The van der Waals surface area contributed by atoms with Crippen LogP contribution in [0.3, 0.4) is 0 Å². The van der Waals surface area contributed by atoms with Gasteiger partial charge in [0.15, 0.2) is 0 Å². The molecule has 4 heteroatoms. The minimum atomic E-state index is -0.177. The average molecular weight is 262 g/mol. The van der Waals surface area contributed by atoms with Gasteiger partial charge < -0.3 is 10.2 Å². The van der Waals surface area contributed by atoms with Gasteiger partial charge in [-0.1, -0.05) is 31.5 Å². The van der Waals surface area contributed by atoms with Gasteiger partial charge in [0.2, 0.25) is 11.8 Å². The molecular formula is C15H22N2O2. The Labute approximate surface area is 114 Å². The second-order valence-electron chi connectivity index (χ2n) is 5.26. The molecule has 0 aliphatic carbocycles. The fourth-order valence-electron chi connectivity index (χ4n) is 1.65. The second kappa shape index (κ2) is 6.92. The van der Waals surface area contributed by atoms with Crippen molar-refractivity contribution in [1.29, 1.82) is 0 Å². The molecule has 1 N–H and O–H groups in total. The predicted molar refractivity (Wildman–Crippen MR) is 76.9 cm³/mol. The Morgan fingerprint density at radius 3 is 2.32 bits per heavy atom. The van der Waals surface area contributed by atoms with Crippen LogP contribution in [0, 0.1) is 12.8 Å². The number of hydrogen-bond donors (Lipinski definition) is 1. The highest BCUT2D eigenvalue weighted by molar-refractivity contribution is 5.94. The number of hydrogen-bond acceptors (Lipinski definition) is 2. The van der Waals surface area contributed by atoms with Gasteiger partial charge in [0.05, 0.1) is 6.54 Å². The van der Waals surface area contributed by atoms with Crippen LogP contribution in [0.15, 0.2) is 24.3 Å². The van der Waals surface area contributed by atoms with E-state index in [0.717, 1.165) is 11.3 Å². The highest BCUT2D eigenvalue weighted by Crippen LogP contribution is 2.08. The number of carbonyl (C=O) groups excluding carboxylic acids is 2. The molecule has 0 saturated heterocycles. The van der Waals surface area contributed by atoms with E-state index in [0.29, 0.717) is 12.3 Å². The average Bonchev–Trinajstić information content (AvgIpc) is 2.31. The molecule has 1 aromatic carbocycles. The fourth-order valence-corrected chi connectivity index (χ4v) is 1.65. The van der Waals surface area contributed by atoms with Gasteiger partial charge in [0.25, 0.3) is 0 Å². The Kier molecular flexibility index (Phi) is 5.55. The van der Waals surface area contributed by atoms with Crippen molar-refractivity contribution in [3.05, 3.63) is 29.8 Å². The molecule has 0 unspecified atom stereocenters. The van der Waals surface area contributed by atoms with E-state index in [1.54, 1.807) is 7.05 Å². The van der Waals surface area contributed by atoms with Gasteiger partial charge in [-0.2, -0.15) is 0 Å². The van der Waals surface area contributed by atoms with Gasteiger partial charge in [0, 0.05) is 19.2 Å². The number of amides is 2. The topological polar surface area (TPSA) is 49.4 Å². The van der Waals surface area contributed by atoms with E-state index in [1.165, 1.54) is 4.90 Å². The standard InChI is InChI=1S/C15H22N2O2/c1-11(2)9-15(19)17(4)10-14(18)16-13-7-5-12(3)6-8-13/h5-8,11H,9-10H2,1-4H3,(H,16,18). The second-order valence-corrected chi connectivity index (χ2v) is 5.26. The number of benzene rings is 1. The van der Waals surface area contributed by atoms with Crippen LogP contribution in [0.5, 0.6) is 0 Å². The van der Waals surface area contributed by atoms with Crippen molar-refractivity contribution in [2.45, 2.75) is 27.2 Å². The first-order valence-corrected chi connectivity index (χ1v) is 6.49. The summed E-state index contributed by atoms with van der Waals surface area (Å²) in [4.78, 5) is 25.0. The molecule has 0 aliphatic rings. The molecular weight excluding hydrogens is 240 g/mol. The lowest BCUT2D eigenvalue weighted by atomic mass is 10.1. The molecule has 0 saturated carbocycles. The van der Waals surface area contributed by atoms with E-state index in [9.17, 15) is 9.59 Å². The van der Waals surface area contributed by atoms with Crippen LogP contribution in [0.1, 0.15) is 25.8 Å². The third-order valence-electron chi connectivity index (χ3n) is 2.72. The molecule has 0 bridgehead atoms. The molecule has 1 rings (SSSR count). The minimum absolute atomic E-state index is 0.00550. The number of nitrogens with zero attached hydrogens (tertiary/aromatic N) is 1. The van der Waals surface area contributed by atoms with Crippen LogP contribution in [0.4, 0.5) is 5.69 Å². The summed E-state index contributed by atoms with van der Waals surface area (Å²) in [5.41, 5.74) is 1.89. The van der Waals surface area contributed by atoms with Crippen molar-refractivity contribution in [1.82, 2.24) is 4.90 Å². The molecule has 0 radical (unpaired) electrons. The molecule has 0 aromatic heterocycles. The Morgan fingerprint density at radius 1 is 1.21 bits per heavy atom. The molecule has 1 aromatic rings. The largest absolute Gasteiger partial charge is 0.336 e. The molecule has 0 heterocycles.